The third-order valence-electron chi connectivity index (χ3n) is 4.93. The zero-order valence-electron chi connectivity index (χ0n) is 11.7. The molecule has 5 heteroatoms. The van der Waals surface area contributed by atoms with Gasteiger partial charge in [-0.05, 0) is 49.1 Å². The van der Waals surface area contributed by atoms with Crippen molar-refractivity contribution in [3.8, 4) is 5.75 Å². The van der Waals surface area contributed by atoms with Gasteiger partial charge in [-0.25, -0.2) is 12.7 Å². The van der Waals surface area contributed by atoms with Gasteiger partial charge in [-0.3, -0.25) is 0 Å². The predicted molar refractivity (Wildman–Crippen MR) is 76.9 cm³/mol. The monoisotopic (exact) mass is 295 g/mol. The first kappa shape index (κ1) is 13.9. The fourth-order valence-electron chi connectivity index (χ4n) is 3.87. The lowest BCUT2D eigenvalue weighted by molar-refractivity contribution is 0.280. The molecular formula is C15H21NO3S. The first-order valence-electron chi connectivity index (χ1n) is 7.23. The van der Waals surface area contributed by atoms with Crippen LogP contribution in [-0.2, 0) is 10.0 Å². The fraction of sp³-hybridized carbons (Fsp3) is 0.600. The van der Waals surface area contributed by atoms with Gasteiger partial charge in [0, 0.05) is 13.6 Å². The van der Waals surface area contributed by atoms with Gasteiger partial charge >= 0.3 is 0 Å². The van der Waals surface area contributed by atoms with Crippen LogP contribution in [0.1, 0.15) is 25.7 Å². The summed E-state index contributed by atoms with van der Waals surface area (Å²) in [7, 11) is -1.97. The van der Waals surface area contributed by atoms with E-state index in [1.165, 1.54) is 35.7 Å². The summed E-state index contributed by atoms with van der Waals surface area (Å²) in [6.45, 7) is 0.567. The van der Waals surface area contributed by atoms with Crippen molar-refractivity contribution in [2.75, 3.05) is 13.6 Å². The van der Waals surface area contributed by atoms with Crippen LogP contribution in [0.2, 0.25) is 0 Å². The normalized spacial score (nSPS) is 29.2. The minimum atomic E-state index is -3.59. The third-order valence-corrected chi connectivity index (χ3v) is 6.80. The highest BCUT2D eigenvalue weighted by molar-refractivity contribution is 7.89. The third kappa shape index (κ3) is 2.33. The van der Waals surface area contributed by atoms with Gasteiger partial charge in [-0.1, -0.05) is 18.6 Å². The Morgan fingerprint density at radius 3 is 2.60 bits per heavy atom. The van der Waals surface area contributed by atoms with Crippen LogP contribution in [0.25, 0.3) is 0 Å². The zero-order chi connectivity index (χ0) is 14.3. The number of aromatic hydroxyl groups is 1. The molecule has 2 aliphatic rings. The standard InChI is InChI=1S/C15H21NO3S/c1-16(10-13-9-11-6-7-12(13)8-11)20(18,19)15-5-3-2-4-14(15)17/h2-5,11-13,17H,6-10H2,1H3. The molecule has 1 aromatic carbocycles. The topological polar surface area (TPSA) is 57.6 Å². The molecule has 110 valence electrons. The molecule has 2 aliphatic carbocycles. The highest BCUT2D eigenvalue weighted by Gasteiger charge is 2.41. The molecule has 2 saturated carbocycles. The average molecular weight is 295 g/mol. The summed E-state index contributed by atoms with van der Waals surface area (Å²) in [5, 5.41) is 9.76. The largest absolute Gasteiger partial charge is 0.507 e. The number of benzene rings is 1. The van der Waals surface area contributed by atoms with Crippen LogP contribution in [0.5, 0.6) is 5.75 Å². The molecule has 0 radical (unpaired) electrons. The van der Waals surface area contributed by atoms with Gasteiger partial charge in [0.2, 0.25) is 10.0 Å². The van der Waals surface area contributed by atoms with Crippen molar-refractivity contribution in [2.24, 2.45) is 17.8 Å². The van der Waals surface area contributed by atoms with Gasteiger partial charge in [-0.2, -0.15) is 0 Å². The van der Waals surface area contributed by atoms with Crippen molar-refractivity contribution < 1.29 is 13.5 Å². The number of rotatable bonds is 4. The summed E-state index contributed by atoms with van der Waals surface area (Å²) in [5.41, 5.74) is 0. The number of phenolic OH excluding ortho intramolecular Hbond substituents is 1. The van der Waals surface area contributed by atoms with Crippen LogP contribution in [0.3, 0.4) is 0 Å². The lowest BCUT2D eigenvalue weighted by Crippen LogP contribution is -2.33. The van der Waals surface area contributed by atoms with E-state index in [9.17, 15) is 13.5 Å². The molecule has 0 heterocycles. The van der Waals surface area contributed by atoms with Gasteiger partial charge in [0.15, 0.2) is 0 Å². The van der Waals surface area contributed by atoms with Crippen molar-refractivity contribution in [1.29, 1.82) is 0 Å². The van der Waals surface area contributed by atoms with Crippen molar-refractivity contribution in [3.63, 3.8) is 0 Å². The summed E-state index contributed by atoms with van der Waals surface area (Å²) in [6.07, 6.45) is 5.00. The number of hydrogen-bond donors (Lipinski definition) is 1. The van der Waals surface area contributed by atoms with E-state index in [1.807, 2.05) is 0 Å². The summed E-state index contributed by atoms with van der Waals surface area (Å²) < 4.78 is 26.4. The molecule has 3 unspecified atom stereocenters. The second-order valence-corrected chi connectivity index (χ2v) is 8.20. The first-order chi connectivity index (χ1) is 9.48. The molecule has 0 aliphatic heterocycles. The highest BCUT2D eigenvalue weighted by atomic mass is 32.2. The van der Waals surface area contributed by atoms with Crippen LogP contribution in [0.4, 0.5) is 0 Å². The Bertz CT molecular complexity index is 599. The van der Waals surface area contributed by atoms with Crippen LogP contribution >= 0.6 is 0 Å². The maximum Gasteiger partial charge on any atom is 0.246 e. The van der Waals surface area contributed by atoms with Gasteiger partial charge in [0.05, 0.1) is 0 Å². The molecule has 3 rings (SSSR count). The lowest BCUT2D eigenvalue weighted by Gasteiger charge is -2.27. The number of phenols is 1. The Labute approximate surface area is 120 Å². The van der Waals surface area contributed by atoms with Gasteiger partial charge in [-0.15, -0.1) is 0 Å². The number of sulfonamides is 1. The van der Waals surface area contributed by atoms with Gasteiger partial charge in [0.25, 0.3) is 0 Å². The van der Waals surface area contributed by atoms with Gasteiger partial charge < -0.3 is 5.11 Å². The number of hydrogen-bond acceptors (Lipinski definition) is 3. The molecule has 1 N–H and O–H groups in total. The predicted octanol–water partition coefficient (Wildman–Crippen LogP) is 2.45. The Hall–Kier alpha value is -1.07. The van der Waals surface area contributed by atoms with Gasteiger partial charge in [0.1, 0.15) is 10.6 Å². The van der Waals surface area contributed by atoms with E-state index in [2.05, 4.69) is 0 Å². The number of nitrogens with zero attached hydrogens (tertiary/aromatic N) is 1. The van der Waals surface area contributed by atoms with Crippen LogP contribution < -0.4 is 0 Å². The molecule has 1 aromatic rings. The smallest absolute Gasteiger partial charge is 0.246 e. The lowest BCUT2D eigenvalue weighted by atomic mass is 9.89. The maximum absolute atomic E-state index is 12.5. The van der Waals surface area contributed by atoms with Crippen LogP contribution in [0, 0.1) is 17.8 Å². The average Bonchev–Trinajstić information content (AvgIpc) is 3.01. The molecule has 2 bridgehead atoms. The minimum absolute atomic E-state index is 0.00524. The maximum atomic E-state index is 12.5. The van der Waals surface area contributed by atoms with E-state index in [4.69, 9.17) is 0 Å². The van der Waals surface area contributed by atoms with E-state index in [0.717, 1.165) is 12.3 Å². The van der Waals surface area contributed by atoms with Crippen LogP contribution in [-0.4, -0.2) is 31.4 Å². The number of fused-ring (bicyclic) bond motifs is 2. The first-order valence-corrected chi connectivity index (χ1v) is 8.67. The molecule has 2 fully saturated rings. The SMILES string of the molecule is CN(CC1CC2CCC1C2)S(=O)(=O)c1ccccc1O. The molecule has 3 atom stereocenters. The van der Waals surface area contributed by atoms with E-state index >= 15 is 0 Å². The molecule has 4 nitrogen and oxygen atoms in total. The quantitative estimate of drug-likeness (QED) is 0.928. The van der Waals surface area contributed by atoms with E-state index in [-0.39, 0.29) is 10.6 Å². The summed E-state index contributed by atoms with van der Waals surface area (Å²) in [5.74, 6) is 1.82. The van der Waals surface area contributed by atoms with Crippen molar-refractivity contribution in [3.05, 3.63) is 24.3 Å². The molecule has 0 spiro atoms. The van der Waals surface area contributed by atoms with E-state index < -0.39 is 10.0 Å². The molecule has 0 saturated heterocycles. The van der Waals surface area contributed by atoms with E-state index in [1.54, 1.807) is 19.2 Å². The summed E-state index contributed by atoms with van der Waals surface area (Å²) in [4.78, 5) is 0.00524. The van der Waals surface area contributed by atoms with Crippen molar-refractivity contribution >= 4 is 10.0 Å². The molecule has 0 amide bonds. The summed E-state index contributed by atoms with van der Waals surface area (Å²) >= 11 is 0. The highest BCUT2D eigenvalue weighted by Crippen LogP contribution is 2.48. The molecule has 20 heavy (non-hydrogen) atoms. The van der Waals surface area contributed by atoms with Crippen molar-refractivity contribution in [1.82, 2.24) is 4.31 Å². The Morgan fingerprint density at radius 1 is 1.25 bits per heavy atom. The molecule has 0 aromatic heterocycles. The Kier molecular flexibility index (Phi) is 3.50. The van der Waals surface area contributed by atoms with Crippen LogP contribution in [0.15, 0.2) is 29.2 Å². The zero-order valence-corrected chi connectivity index (χ0v) is 12.5. The summed E-state index contributed by atoms with van der Waals surface area (Å²) in [6, 6.07) is 6.14. The molecular weight excluding hydrogens is 274 g/mol. The van der Waals surface area contributed by atoms with Crippen molar-refractivity contribution in [2.45, 2.75) is 30.6 Å². The Morgan fingerprint density at radius 2 is 2.00 bits per heavy atom. The second kappa shape index (κ2) is 5.04. The second-order valence-electron chi connectivity index (χ2n) is 6.19. The number of para-hydroxylation sites is 1. The minimum Gasteiger partial charge on any atom is -0.507 e. The Balaban J connectivity index is 1.76. The van der Waals surface area contributed by atoms with E-state index in [0.29, 0.717) is 18.4 Å². The fourth-order valence-corrected chi connectivity index (χ4v) is 5.18.